The van der Waals surface area contributed by atoms with Crippen LogP contribution in [0, 0.1) is 31.9 Å². The number of nitrogens with zero attached hydrogens (tertiary/aromatic N) is 9. The van der Waals surface area contributed by atoms with E-state index in [1.807, 2.05) is 167 Å². The van der Waals surface area contributed by atoms with Crippen molar-refractivity contribution in [3.63, 3.8) is 0 Å². The molecule has 0 spiro atoms. The van der Waals surface area contributed by atoms with Crippen LogP contribution in [0.15, 0.2) is 250 Å². The van der Waals surface area contributed by atoms with Crippen LogP contribution < -0.4 is 178 Å². The van der Waals surface area contributed by atoms with Gasteiger partial charge in [0.25, 0.3) is 12.2 Å². The minimum Gasteiger partial charge on any atom is -1.00 e. The van der Waals surface area contributed by atoms with Crippen molar-refractivity contribution in [2.45, 2.75) is 96.1 Å². The van der Waals surface area contributed by atoms with Gasteiger partial charge in [0.2, 0.25) is 0 Å². The van der Waals surface area contributed by atoms with E-state index < -0.39 is 21.5 Å². The Kier molecular flexibility index (Phi) is 58.5. The number of halogens is 4. The zero-order valence-corrected chi connectivity index (χ0v) is 88.5. The third-order valence-corrected chi connectivity index (χ3v) is 18.1. The zero-order chi connectivity index (χ0) is 93.2. The SMILES string of the molecule is CC(=O)c1ccnc(N)c1.CC(O)c1ccnc(N)c1.CC(Oc1ccc(N)c2ccccc12)c1ccnc(N)c1.CC(Oc1ccc([N+](=O)[O-])c2ccccc12)c1ccnc(N)c1.COC(=O)c1ccnc(N)c1.Cc1ccc(-n2nc(C(C)(C)C)cc2NC(=O)Nc2ccc(OC(C)c3ccnc(N)c3)c3ccccc23)cc1.O=C(Cl)OC(Cl)(Cl)Cl.O=CO[O-].[B].[CH3-].[CH3-].[H-].[H-].[Li+].[Na+].[Na+].[Na+].[Pt]. The molecule has 0 aliphatic carbocycles. The summed E-state index contributed by atoms with van der Waals surface area (Å²) in [5.41, 5.74) is 47.0. The number of fused-ring (bicyclic) bond motifs is 3. The minimum atomic E-state index is -2.04. The van der Waals surface area contributed by atoms with E-state index in [1.54, 1.807) is 97.1 Å². The Bertz CT molecular complexity index is 6130. The summed E-state index contributed by atoms with van der Waals surface area (Å²) in [6.45, 7) is 17.2. The molecule has 7 aromatic heterocycles. The van der Waals surface area contributed by atoms with Gasteiger partial charge in [-0.3, -0.25) is 25.0 Å². The number of urea groups is 1. The number of hydrogen-bond acceptors (Lipinski definition) is 29. The zero-order valence-electron chi connectivity index (χ0n) is 79.2. The number of rotatable bonds is 17. The monoisotopic (exact) mass is 2120 g/mol. The molecule has 0 bridgehead atoms. The summed E-state index contributed by atoms with van der Waals surface area (Å²) in [5.74, 6) is 4.79. The fourth-order valence-electron chi connectivity index (χ4n) is 11.5. The number of benzene rings is 7. The van der Waals surface area contributed by atoms with E-state index in [9.17, 15) is 29.3 Å². The van der Waals surface area contributed by atoms with Gasteiger partial charge in [0.1, 0.15) is 76.3 Å². The summed E-state index contributed by atoms with van der Waals surface area (Å²) < 4.78 is 26.4. The molecular formula is C92H101BCl4LiN18Na3O15Pt-. The summed E-state index contributed by atoms with van der Waals surface area (Å²) in [5, 5.41) is 44.5. The second kappa shape index (κ2) is 62.4. The number of carbonyl (C=O) groups is 5. The van der Waals surface area contributed by atoms with Gasteiger partial charge in [0.15, 0.2) is 5.78 Å². The number of aromatic nitrogens is 8. The van der Waals surface area contributed by atoms with Crippen molar-refractivity contribution in [1.82, 2.24) is 39.7 Å². The second-order valence-corrected chi connectivity index (χ2v) is 30.7. The predicted molar refractivity (Wildman–Crippen MR) is 514 cm³/mol. The van der Waals surface area contributed by atoms with Crippen LogP contribution >= 0.6 is 46.4 Å². The summed E-state index contributed by atoms with van der Waals surface area (Å²) in [7, 11) is 1.32. The molecule has 33 nitrogen and oxygen atoms in total. The number of non-ortho nitro benzene ring substituents is 1. The van der Waals surface area contributed by atoms with Crippen molar-refractivity contribution in [2.24, 2.45) is 0 Å². The first-order valence-corrected chi connectivity index (χ1v) is 39.7. The molecule has 7 heterocycles. The minimum absolute atomic E-state index is 0. The van der Waals surface area contributed by atoms with Crippen LogP contribution in [0.3, 0.4) is 0 Å². The van der Waals surface area contributed by atoms with Crippen molar-refractivity contribution in [3.8, 4) is 22.9 Å². The average molecular weight is 2120 g/mol. The first kappa shape index (κ1) is 127. The molecule has 4 unspecified atom stereocenters. The number of nitrogens with one attached hydrogen (secondary N) is 2. The summed E-state index contributed by atoms with van der Waals surface area (Å²) in [6.07, 6.45) is 8.45. The van der Waals surface area contributed by atoms with Crippen LogP contribution in [0.4, 0.5) is 67.4 Å². The van der Waals surface area contributed by atoms with E-state index in [0.29, 0.717) is 79.8 Å². The van der Waals surface area contributed by atoms with Gasteiger partial charge < -0.3 is 102 Å². The molecule has 135 heavy (non-hydrogen) atoms. The second-order valence-electron chi connectivity index (χ2n) is 28.2. The van der Waals surface area contributed by atoms with Crippen molar-refractivity contribution in [3.05, 3.63) is 319 Å². The number of Topliss-reactive ketones (excluding diaryl/α,β-unsaturated/α-hetero) is 1. The Hall–Kier alpha value is -10.4. The van der Waals surface area contributed by atoms with Crippen LogP contribution in [0.5, 0.6) is 17.2 Å². The van der Waals surface area contributed by atoms with Crippen molar-refractivity contribution < 1.29 is 199 Å². The molecule has 0 aliphatic heterocycles. The van der Waals surface area contributed by atoms with E-state index in [2.05, 4.69) is 87.3 Å². The largest absolute Gasteiger partial charge is 1.00 e. The number of aryl methyl sites for hydroxylation is 1. The number of anilines is 9. The molecule has 14 rings (SSSR count). The average Bonchev–Trinajstić information content (AvgIpc) is 1.75. The Morgan fingerprint density at radius 1 is 0.526 bits per heavy atom. The third-order valence-electron chi connectivity index (χ3n) is 17.8. The van der Waals surface area contributed by atoms with E-state index in [1.165, 1.54) is 38.6 Å². The van der Waals surface area contributed by atoms with Crippen LogP contribution in [0.25, 0.3) is 38.0 Å². The Balaban J connectivity index is -0.000000793. The van der Waals surface area contributed by atoms with Crippen molar-refractivity contribution >= 4 is 175 Å². The van der Waals surface area contributed by atoms with Gasteiger partial charge >= 0.3 is 129 Å². The van der Waals surface area contributed by atoms with Gasteiger partial charge in [-0.25, -0.2) is 49.0 Å². The number of hydrogen-bond donors (Lipinski definition) is 10. The van der Waals surface area contributed by atoms with Gasteiger partial charge in [-0.2, -0.15) is 5.10 Å². The number of methoxy groups -OCH3 is 1. The van der Waals surface area contributed by atoms with Gasteiger partial charge in [-0.15, -0.1) is 0 Å². The number of nitrogens with two attached hydrogens (primary N) is 7. The smallest absolute Gasteiger partial charge is 1.00 e. The summed E-state index contributed by atoms with van der Waals surface area (Å²) >= 11 is 19.4. The van der Waals surface area contributed by atoms with Gasteiger partial charge in [-0.05, 0) is 220 Å². The van der Waals surface area contributed by atoms with E-state index in [0.717, 1.165) is 72.2 Å². The maximum absolute atomic E-state index is 13.3. The molecule has 0 saturated heterocycles. The maximum atomic E-state index is 13.3. The molecule has 2 amide bonds. The number of pyridine rings is 6. The number of alkyl halides is 3. The molecule has 4 atom stereocenters. The predicted octanol–water partition coefficient (Wildman–Crippen LogP) is 6.71. The molecule has 7 aromatic carbocycles. The Morgan fingerprint density at radius 2 is 0.889 bits per heavy atom. The number of carbonyl (C=O) groups excluding carboxylic acids is 5. The van der Waals surface area contributed by atoms with Crippen LogP contribution in [0.2, 0.25) is 0 Å². The fraction of sp³-hybridized carbons (Fsp3) is 0.174. The summed E-state index contributed by atoms with van der Waals surface area (Å²) in [4.78, 5) is 89.9. The first-order valence-electron chi connectivity index (χ1n) is 38.2. The number of esters is 1. The molecule has 0 saturated carbocycles. The number of nitro groups is 1. The topological polar surface area (TPSA) is 529 Å². The molecule has 43 heteroatoms. The number of aliphatic hydroxyl groups excluding tert-OH is 1. The summed E-state index contributed by atoms with van der Waals surface area (Å²) in [6, 6.07) is 63.6. The third kappa shape index (κ3) is 41.6. The number of aliphatic hydroxyl groups is 1. The van der Waals surface area contributed by atoms with Crippen molar-refractivity contribution in [1.29, 1.82) is 0 Å². The molecule has 3 radical (unpaired) electrons. The normalized spacial score (nSPS) is 10.8. The Morgan fingerprint density at radius 3 is 1.25 bits per heavy atom. The molecule has 14 aromatic rings. The quantitative estimate of drug-likeness (QED) is 0.00387. The Labute approximate surface area is 900 Å². The standard InChI is InChI=1S/C32H34N6O2.C17H15N3O3.C17H17N3O.C7H8N2O2.C7H10N2O.C7H8N2O.C2Cl4O2.CH2O3.2CH3.B.Li.3Na.Pt.2H/c1-20-10-12-23(13-11-20)38-30(19-28(37-38)32(3,4)5)36-31(39)35-26-14-15-27(25-9-7-6-8-24(25)26)40-21(2)22-16-17-34-29(33)18-22;1-11(12-8-9-19-17(18)10-12)23-16-7-6-15(20(21)22)13-4-2-3-5-14(13)16;1-11(12-8-9-20-17(19)10-12)21-16-7-6-15(18)13-4-2-3-5-14(13)16;1-11-7(10)5-2-3-9-6(8)4-5;2*1-5(10)6-2-3-9-7(8)4-6;3-1(7)8-2(4,5)6;2-1-4-3;;;;;;;;;;/h6-19,21H,1-5H3,(H2,33,34)(H2,35,36,39);2-11H,1H3,(H2,18,19);2-11H,18H2,1H3,(H2,19,20);2-4H,1H3,(H2,8,9);2-5,10H,1H3,(H2,8,9);2-4H,1H3,(H2,8,9);;1,3H;2*1H3;;;;;;;;/q;;;;;;;;2*-1;;4*+1;;2*-1/p-1. The van der Waals surface area contributed by atoms with Gasteiger partial charge in [0, 0.05) is 134 Å². The first-order chi connectivity index (χ1) is 60.2. The number of ketones is 1. The van der Waals surface area contributed by atoms with Gasteiger partial charge in [-0.1, -0.05) is 105 Å². The van der Waals surface area contributed by atoms with Gasteiger partial charge in [0.05, 0.1) is 46.2 Å². The number of nitro benzene ring substituents is 1. The number of ether oxygens (including phenoxy) is 5. The fourth-order valence-corrected chi connectivity index (χ4v) is 11.9. The van der Waals surface area contributed by atoms with Crippen LogP contribution in [-0.4, -0.2) is 98.9 Å². The molecule has 0 fully saturated rings. The number of nitrogen functional groups attached to an aromatic ring is 7. The molecule has 695 valence electrons. The van der Waals surface area contributed by atoms with Crippen molar-refractivity contribution in [2.75, 3.05) is 57.9 Å². The number of amides is 2. The van der Waals surface area contributed by atoms with E-state index in [4.69, 9.17) is 109 Å². The van der Waals surface area contributed by atoms with Crippen LogP contribution in [-0.2, 0) is 45.6 Å². The van der Waals surface area contributed by atoms with Crippen LogP contribution in [0.1, 0.15) is 137 Å². The maximum Gasteiger partial charge on any atom is 1.00 e. The van der Waals surface area contributed by atoms with E-state index in [-0.39, 0.29) is 207 Å². The molecule has 17 N–H and O–H groups in total. The van der Waals surface area contributed by atoms with E-state index >= 15 is 0 Å². The molecular weight excluding hydrogens is 2020 g/mol. The molecule has 0 aliphatic rings.